The minimum Gasteiger partial charge on any atom is -0.496 e. The van der Waals surface area contributed by atoms with E-state index in [0.29, 0.717) is 35.7 Å². The fourth-order valence-corrected chi connectivity index (χ4v) is 3.71. The van der Waals surface area contributed by atoms with Gasteiger partial charge in [-0.1, -0.05) is 24.8 Å². The number of methoxy groups -OCH3 is 1. The monoisotopic (exact) mass is 393 g/mol. The van der Waals surface area contributed by atoms with E-state index in [1.165, 1.54) is 0 Å². The second kappa shape index (κ2) is 9.12. The zero-order chi connectivity index (χ0) is 20.0. The third-order valence-electron chi connectivity index (χ3n) is 4.43. The lowest BCUT2D eigenvalue weighted by Crippen LogP contribution is -2.22. The van der Waals surface area contributed by atoms with Gasteiger partial charge in [-0.3, -0.25) is 0 Å². The summed E-state index contributed by atoms with van der Waals surface area (Å²) in [4.78, 5) is 15.1. The van der Waals surface area contributed by atoms with Gasteiger partial charge >= 0.3 is 5.97 Å². The van der Waals surface area contributed by atoms with Crippen LogP contribution >= 0.6 is 0 Å². The Bertz CT molecular complexity index is 755. The van der Waals surface area contributed by atoms with Crippen molar-refractivity contribution in [3.8, 4) is 11.5 Å². The molecule has 0 saturated carbocycles. The minimum absolute atomic E-state index is 0.0327. The van der Waals surface area contributed by atoms with Crippen molar-refractivity contribution in [1.29, 1.82) is 0 Å². The van der Waals surface area contributed by atoms with E-state index in [0.717, 1.165) is 17.2 Å². The van der Waals surface area contributed by atoms with Gasteiger partial charge in [-0.15, -0.1) is 0 Å². The predicted octanol–water partition coefficient (Wildman–Crippen LogP) is 4.22. The van der Waals surface area contributed by atoms with Crippen LogP contribution in [0.5, 0.6) is 11.5 Å². The van der Waals surface area contributed by atoms with Gasteiger partial charge in [0.25, 0.3) is 0 Å². The normalized spacial score (nSPS) is 13.0. The molecule has 0 spiro atoms. The highest BCUT2D eigenvalue weighted by Gasteiger charge is 2.33. The first-order chi connectivity index (χ1) is 12.8. The summed E-state index contributed by atoms with van der Waals surface area (Å²) >= 11 is 0. The molecule has 8 nitrogen and oxygen atoms in total. The molecular formula is C18H27N3O5Si. The number of rotatable bonds is 10. The number of nitrogens with zero attached hydrogens (tertiary/aromatic N) is 3. The smallest absolute Gasteiger partial charge is 0.342 e. The van der Waals surface area contributed by atoms with Crippen LogP contribution in [0.4, 0.5) is 0 Å². The molecule has 148 valence electrons. The maximum atomic E-state index is 12.3. The van der Waals surface area contributed by atoms with Crippen molar-refractivity contribution < 1.29 is 23.7 Å². The molecule has 0 amide bonds. The molecule has 9 heteroatoms. The topological polar surface area (TPSA) is 103 Å². The summed E-state index contributed by atoms with van der Waals surface area (Å²) in [6.07, 6.45) is 0.388. The van der Waals surface area contributed by atoms with Crippen LogP contribution in [-0.2, 0) is 22.5 Å². The molecule has 0 saturated heterocycles. The molecule has 1 heterocycles. The summed E-state index contributed by atoms with van der Waals surface area (Å²) in [6.45, 7) is 9.78. The quantitative estimate of drug-likeness (QED) is 0.113. The molecule has 0 bridgehead atoms. The molecule has 1 aromatic carbocycles. The van der Waals surface area contributed by atoms with Crippen LogP contribution in [0.15, 0.2) is 5.11 Å². The van der Waals surface area contributed by atoms with Crippen LogP contribution in [0, 0.1) is 6.92 Å². The zero-order valence-corrected chi connectivity index (χ0v) is 17.6. The average Bonchev–Trinajstić information content (AvgIpc) is 2.98. The molecule has 0 aliphatic carbocycles. The maximum absolute atomic E-state index is 12.3. The van der Waals surface area contributed by atoms with Crippen molar-refractivity contribution in [3.63, 3.8) is 0 Å². The van der Waals surface area contributed by atoms with Gasteiger partial charge in [-0.25, -0.2) is 4.79 Å². The highest BCUT2D eigenvalue weighted by atomic mass is 28.3. The molecule has 27 heavy (non-hydrogen) atoms. The van der Waals surface area contributed by atoms with Crippen LogP contribution in [0.1, 0.15) is 27.0 Å². The van der Waals surface area contributed by atoms with Gasteiger partial charge in [0.15, 0.2) is 6.79 Å². The van der Waals surface area contributed by atoms with Crippen molar-refractivity contribution in [2.75, 3.05) is 27.1 Å². The molecule has 0 aromatic heterocycles. The standard InChI is InChI=1S/C18H27N3O5Si/c1-12-14-10-25-18(22)15(14)17(26-11-24-8-9-27(3,4)5)13(16(12)23-2)6-7-20-21-19/h6-11H2,1-5H3. The highest BCUT2D eigenvalue weighted by molar-refractivity contribution is 6.76. The van der Waals surface area contributed by atoms with E-state index in [9.17, 15) is 4.79 Å². The van der Waals surface area contributed by atoms with E-state index >= 15 is 0 Å². The molecule has 0 fully saturated rings. The maximum Gasteiger partial charge on any atom is 0.342 e. The van der Waals surface area contributed by atoms with Crippen molar-refractivity contribution in [2.24, 2.45) is 5.11 Å². The largest absolute Gasteiger partial charge is 0.496 e. The number of hydrogen-bond acceptors (Lipinski definition) is 6. The number of hydrogen-bond donors (Lipinski definition) is 0. The molecule has 1 aliphatic heterocycles. The summed E-state index contributed by atoms with van der Waals surface area (Å²) in [5.41, 5.74) is 11.3. The minimum atomic E-state index is -1.19. The van der Waals surface area contributed by atoms with Gasteiger partial charge in [0, 0.05) is 37.3 Å². The summed E-state index contributed by atoms with van der Waals surface area (Å²) < 4.78 is 22.3. The number of cyclic esters (lactones) is 1. The summed E-state index contributed by atoms with van der Waals surface area (Å²) in [6, 6.07) is 1.03. The van der Waals surface area contributed by atoms with Gasteiger partial charge in [-0.05, 0) is 30.5 Å². The first-order valence-corrected chi connectivity index (χ1v) is 12.6. The van der Waals surface area contributed by atoms with Crippen LogP contribution < -0.4 is 9.47 Å². The van der Waals surface area contributed by atoms with E-state index < -0.39 is 14.0 Å². The Morgan fingerprint density at radius 3 is 2.67 bits per heavy atom. The van der Waals surface area contributed by atoms with Gasteiger partial charge in [0.05, 0.1) is 7.11 Å². The van der Waals surface area contributed by atoms with Crippen LogP contribution in [0.3, 0.4) is 0 Å². The van der Waals surface area contributed by atoms with Crippen LogP contribution in [-0.4, -0.2) is 41.1 Å². The first-order valence-electron chi connectivity index (χ1n) is 8.91. The van der Waals surface area contributed by atoms with Crippen molar-refractivity contribution >= 4 is 14.0 Å². The molecule has 1 aliphatic rings. The summed E-state index contributed by atoms with van der Waals surface area (Å²) in [5, 5.41) is 3.59. The SMILES string of the molecule is COc1c(C)c2c(c(OCOCC[Si](C)(C)C)c1CCN=[N+]=[N-])C(=O)OC2. The summed E-state index contributed by atoms with van der Waals surface area (Å²) in [7, 11) is 0.377. The van der Waals surface area contributed by atoms with E-state index in [4.69, 9.17) is 24.5 Å². The summed E-state index contributed by atoms with van der Waals surface area (Å²) in [5.74, 6) is 0.603. The predicted molar refractivity (Wildman–Crippen MR) is 104 cm³/mol. The third kappa shape index (κ3) is 5.15. The molecule has 1 aromatic rings. The van der Waals surface area contributed by atoms with E-state index in [-0.39, 0.29) is 19.9 Å². The Labute approximate surface area is 160 Å². The van der Waals surface area contributed by atoms with Crippen molar-refractivity contribution in [2.45, 2.75) is 45.6 Å². The van der Waals surface area contributed by atoms with Crippen molar-refractivity contribution in [3.05, 3.63) is 32.7 Å². The highest BCUT2D eigenvalue weighted by Crippen LogP contribution is 2.42. The number of fused-ring (bicyclic) bond motifs is 1. The molecule has 0 radical (unpaired) electrons. The molecule has 0 unspecified atom stereocenters. The van der Waals surface area contributed by atoms with Gasteiger partial charge in [0.1, 0.15) is 23.7 Å². The molecule has 2 rings (SSSR count). The number of carbonyl (C=O) groups is 1. The van der Waals surface area contributed by atoms with E-state index in [1.54, 1.807) is 7.11 Å². The Morgan fingerprint density at radius 1 is 1.30 bits per heavy atom. The van der Waals surface area contributed by atoms with E-state index in [1.807, 2.05) is 6.92 Å². The fraction of sp³-hybridized carbons (Fsp3) is 0.611. The lowest BCUT2D eigenvalue weighted by molar-refractivity contribution is 0.0203. The molecular weight excluding hydrogens is 366 g/mol. The Hall–Kier alpha value is -2.22. The Kier molecular flexibility index (Phi) is 7.12. The number of azide groups is 1. The lowest BCUT2D eigenvalue weighted by Gasteiger charge is -2.20. The third-order valence-corrected chi connectivity index (χ3v) is 6.14. The van der Waals surface area contributed by atoms with E-state index in [2.05, 4.69) is 29.7 Å². The Morgan fingerprint density at radius 2 is 2.04 bits per heavy atom. The second-order valence-electron chi connectivity index (χ2n) is 7.58. The van der Waals surface area contributed by atoms with Crippen LogP contribution in [0.25, 0.3) is 10.4 Å². The van der Waals surface area contributed by atoms with Crippen LogP contribution in [0.2, 0.25) is 25.7 Å². The lowest BCUT2D eigenvalue weighted by atomic mass is 9.95. The molecule has 0 N–H and O–H groups in total. The number of carbonyl (C=O) groups excluding carboxylic acids is 1. The number of benzene rings is 1. The first kappa shape index (κ1) is 21.1. The van der Waals surface area contributed by atoms with Crippen molar-refractivity contribution in [1.82, 2.24) is 0 Å². The number of ether oxygens (including phenoxy) is 4. The number of esters is 1. The average molecular weight is 394 g/mol. The van der Waals surface area contributed by atoms with Gasteiger partial charge < -0.3 is 18.9 Å². The molecule has 0 atom stereocenters. The second-order valence-corrected chi connectivity index (χ2v) is 13.2. The van der Waals surface area contributed by atoms with Gasteiger partial charge in [0.2, 0.25) is 0 Å². The fourth-order valence-electron chi connectivity index (χ4n) is 2.96. The van der Waals surface area contributed by atoms with Gasteiger partial charge in [-0.2, -0.15) is 0 Å². The Balaban J connectivity index is 2.30. The zero-order valence-electron chi connectivity index (χ0n) is 16.6.